The summed E-state index contributed by atoms with van der Waals surface area (Å²) in [4.78, 5) is 0. The zero-order chi connectivity index (χ0) is 5.11. The monoisotopic (exact) mass is 158 g/mol. The van der Waals surface area contributed by atoms with Crippen molar-refractivity contribution in [3.8, 4) is 5.75 Å². The molecule has 0 aliphatic carbocycles. The normalized spacial score (nSPS) is 7.50. The van der Waals surface area contributed by atoms with Crippen molar-refractivity contribution in [2.45, 2.75) is 0 Å². The summed E-state index contributed by atoms with van der Waals surface area (Å²) in [6.07, 6.45) is 0. The third kappa shape index (κ3) is 2.08. The van der Waals surface area contributed by atoms with Crippen molar-refractivity contribution in [1.29, 1.82) is 0 Å². The topological polar surface area (TPSA) is 20.2 Å². The largest absolute Gasteiger partial charge is 2.00 e. The molecule has 0 unspecified atom stereocenters. The average Bonchev–Trinajstić information content (AvgIpc) is 1.69. The summed E-state index contributed by atoms with van der Waals surface area (Å²) in [6.45, 7) is 0. The minimum Gasteiger partial charge on any atom is -0.508 e. The van der Waals surface area contributed by atoms with E-state index in [1.165, 1.54) is 0 Å². The Labute approximate surface area is 61.1 Å². The zero-order valence-electron chi connectivity index (χ0n) is 4.54. The van der Waals surface area contributed by atoms with Gasteiger partial charge in [-0.05, 0) is 12.1 Å². The van der Waals surface area contributed by atoms with Crippen molar-refractivity contribution in [2.24, 2.45) is 0 Å². The molecule has 0 saturated heterocycles. The van der Waals surface area contributed by atoms with E-state index in [4.69, 9.17) is 5.11 Å². The van der Waals surface area contributed by atoms with Crippen LogP contribution in [0.15, 0.2) is 30.3 Å². The Morgan fingerprint density at radius 1 is 1.00 bits per heavy atom. The van der Waals surface area contributed by atoms with Crippen molar-refractivity contribution in [1.82, 2.24) is 0 Å². The van der Waals surface area contributed by atoms with Gasteiger partial charge in [0.25, 0.3) is 0 Å². The molecule has 1 rings (SSSR count). The van der Waals surface area contributed by atoms with Crippen LogP contribution in [0.5, 0.6) is 5.75 Å². The molecule has 36 valence electrons. The minimum atomic E-state index is 0. The fraction of sp³-hybridized carbons (Fsp3) is 0. The number of rotatable bonds is 0. The predicted octanol–water partition coefficient (Wildman–Crippen LogP) is 1.39. The molecule has 0 bridgehead atoms. The molecule has 1 N–H and O–H groups in total. The number of para-hydroxylation sites is 1. The third-order valence-electron chi connectivity index (χ3n) is 0.756. The SMILES string of the molecule is Oc1ccccc1.[Zn+2]. The molecule has 0 saturated carbocycles. The quantitative estimate of drug-likeness (QED) is 0.567. The Balaban J connectivity index is 0.000000490. The Kier molecular flexibility index (Phi) is 3.46. The van der Waals surface area contributed by atoms with Crippen molar-refractivity contribution in [3.63, 3.8) is 0 Å². The first kappa shape index (κ1) is 7.64. The molecule has 0 radical (unpaired) electrons. The van der Waals surface area contributed by atoms with Crippen LogP contribution in [0.1, 0.15) is 0 Å². The van der Waals surface area contributed by atoms with Crippen molar-refractivity contribution in [2.75, 3.05) is 0 Å². The molecule has 0 aliphatic rings. The van der Waals surface area contributed by atoms with E-state index in [2.05, 4.69) is 0 Å². The Morgan fingerprint density at radius 2 is 1.50 bits per heavy atom. The molecule has 0 spiro atoms. The first-order valence-corrected chi connectivity index (χ1v) is 2.13. The Morgan fingerprint density at radius 3 is 1.75 bits per heavy atom. The number of hydrogen-bond acceptors (Lipinski definition) is 1. The van der Waals surface area contributed by atoms with Crippen LogP contribution in [0.2, 0.25) is 0 Å². The van der Waals surface area contributed by atoms with Gasteiger partial charge in [0.1, 0.15) is 5.75 Å². The van der Waals surface area contributed by atoms with Crippen LogP contribution in [-0.2, 0) is 19.5 Å². The molecule has 0 aliphatic heterocycles. The molecule has 8 heavy (non-hydrogen) atoms. The number of hydrogen-bond donors (Lipinski definition) is 1. The third-order valence-corrected chi connectivity index (χ3v) is 0.756. The fourth-order valence-corrected chi connectivity index (χ4v) is 0.428. The van der Waals surface area contributed by atoms with Gasteiger partial charge in [-0.25, -0.2) is 0 Å². The van der Waals surface area contributed by atoms with Gasteiger partial charge in [-0.3, -0.25) is 0 Å². The van der Waals surface area contributed by atoms with Crippen molar-refractivity contribution in [3.05, 3.63) is 30.3 Å². The zero-order valence-corrected chi connectivity index (χ0v) is 7.51. The van der Waals surface area contributed by atoms with Crippen LogP contribution < -0.4 is 0 Å². The fourth-order valence-electron chi connectivity index (χ4n) is 0.428. The summed E-state index contributed by atoms with van der Waals surface area (Å²) in [7, 11) is 0. The number of phenols is 1. The number of benzene rings is 1. The van der Waals surface area contributed by atoms with E-state index in [1.807, 2.05) is 6.07 Å². The van der Waals surface area contributed by atoms with Crippen LogP contribution in [-0.4, -0.2) is 5.11 Å². The summed E-state index contributed by atoms with van der Waals surface area (Å²) in [5.74, 6) is 0.322. The summed E-state index contributed by atoms with van der Waals surface area (Å²) >= 11 is 0. The first-order valence-electron chi connectivity index (χ1n) is 2.13. The van der Waals surface area contributed by atoms with E-state index < -0.39 is 0 Å². The van der Waals surface area contributed by atoms with E-state index in [0.29, 0.717) is 5.75 Å². The van der Waals surface area contributed by atoms with Gasteiger partial charge in [-0.15, -0.1) is 0 Å². The minimum absolute atomic E-state index is 0. The predicted molar refractivity (Wildman–Crippen MR) is 28.1 cm³/mol. The van der Waals surface area contributed by atoms with Crippen LogP contribution in [0.3, 0.4) is 0 Å². The van der Waals surface area contributed by atoms with E-state index in [-0.39, 0.29) is 19.5 Å². The number of phenolic OH excluding ortho intramolecular Hbond substituents is 1. The van der Waals surface area contributed by atoms with Gasteiger partial charge in [0.2, 0.25) is 0 Å². The van der Waals surface area contributed by atoms with Gasteiger partial charge >= 0.3 is 19.5 Å². The molecule has 1 aromatic rings. The Hall–Kier alpha value is -0.357. The van der Waals surface area contributed by atoms with E-state index >= 15 is 0 Å². The molecule has 0 aromatic heterocycles. The second-order valence-corrected chi connectivity index (χ2v) is 1.34. The van der Waals surface area contributed by atoms with Gasteiger partial charge in [0, 0.05) is 0 Å². The van der Waals surface area contributed by atoms with E-state index in [9.17, 15) is 0 Å². The molecule has 0 heterocycles. The molecular formula is C6H6OZn+2. The van der Waals surface area contributed by atoms with Crippen LogP contribution in [0, 0.1) is 0 Å². The summed E-state index contributed by atoms with van der Waals surface area (Å²) in [5.41, 5.74) is 0. The second kappa shape index (κ2) is 3.62. The van der Waals surface area contributed by atoms with Crippen molar-refractivity contribution < 1.29 is 24.6 Å². The summed E-state index contributed by atoms with van der Waals surface area (Å²) in [5, 5.41) is 8.63. The molecule has 0 fully saturated rings. The standard InChI is InChI=1S/C6H6O.Zn/c7-6-4-2-1-3-5-6;/h1-5,7H;/q;+2. The Bertz CT molecular complexity index is 138. The van der Waals surface area contributed by atoms with Gasteiger partial charge in [0.15, 0.2) is 0 Å². The molecule has 0 atom stereocenters. The maximum Gasteiger partial charge on any atom is 2.00 e. The van der Waals surface area contributed by atoms with E-state index in [0.717, 1.165) is 0 Å². The summed E-state index contributed by atoms with van der Waals surface area (Å²) < 4.78 is 0. The first-order chi connectivity index (χ1) is 3.39. The summed E-state index contributed by atoms with van der Waals surface area (Å²) in [6, 6.07) is 8.71. The maximum atomic E-state index is 8.63. The molecule has 1 nitrogen and oxygen atoms in total. The van der Waals surface area contributed by atoms with Crippen LogP contribution >= 0.6 is 0 Å². The number of aromatic hydroxyl groups is 1. The molecule has 0 amide bonds. The van der Waals surface area contributed by atoms with Gasteiger partial charge in [0.05, 0.1) is 0 Å². The molecule has 1 aromatic carbocycles. The van der Waals surface area contributed by atoms with Gasteiger partial charge in [-0.2, -0.15) is 0 Å². The smallest absolute Gasteiger partial charge is 0.508 e. The molecular weight excluding hydrogens is 153 g/mol. The molecule has 2 heteroatoms. The average molecular weight is 160 g/mol. The van der Waals surface area contributed by atoms with Gasteiger partial charge < -0.3 is 5.11 Å². The van der Waals surface area contributed by atoms with Gasteiger partial charge in [-0.1, -0.05) is 18.2 Å². The van der Waals surface area contributed by atoms with Crippen molar-refractivity contribution >= 4 is 0 Å². The van der Waals surface area contributed by atoms with Crippen LogP contribution in [0.4, 0.5) is 0 Å². The van der Waals surface area contributed by atoms with E-state index in [1.54, 1.807) is 24.3 Å². The van der Waals surface area contributed by atoms with Crippen LogP contribution in [0.25, 0.3) is 0 Å². The maximum absolute atomic E-state index is 8.63. The second-order valence-electron chi connectivity index (χ2n) is 1.34.